The van der Waals surface area contributed by atoms with Crippen LogP contribution >= 0.6 is 11.8 Å². The lowest BCUT2D eigenvalue weighted by molar-refractivity contribution is -0.385. The lowest BCUT2D eigenvalue weighted by atomic mass is 10.2. The van der Waals surface area contributed by atoms with Crippen molar-refractivity contribution in [2.45, 2.75) is 16.8 Å². The molecule has 1 heterocycles. The number of rotatable bonds is 4. The number of carboxylic acid groups (broad SMARTS) is 1. The van der Waals surface area contributed by atoms with E-state index in [-0.39, 0.29) is 11.3 Å². The Morgan fingerprint density at radius 1 is 1.25 bits per heavy atom. The van der Waals surface area contributed by atoms with E-state index >= 15 is 0 Å². The van der Waals surface area contributed by atoms with E-state index in [1.165, 1.54) is 30.0 Å². The van der Waals surface area contributed by atoms with Gasteiger partial charge in [-0.1, -0.05) is 11.8 Å². The van der Waals surface area contributed by atoms with Crippen LogP contribution in [0, 0.1) is 17.0 Å². The van der Waals surface area contributed by atoms with Crippen molar-refractivity contribution in [3.05, 3.63) is 57.8 Å². The molecule has 0 saturated carbocycles. The summed E-state index contributed by atoms with van der Waals surface area (Å²) in [6, 6.07) is 9.34. The predicted octanol–water partition coefficient (Wildman–Crippen LogP) is 3.15. The first kappa shape index (κ1) is 14.0. The molecular weight excluding hydrogens is 280 g/mol. The molecule has 20 heavy (non-hydrogen) atoms. The van der Waals surface area contributed by atoms with Crippen LogP contribution in [0.5, 0.6) is 0 Å². The van der Waals surface area contributed by atoms with Crippen molar-refractivity contribution in [1.82, 2.24) is 4.98 Å². The van der Waals surface area contributed by atoms with E-state index in [0.717, 1.165) is 4.90 Å². The van der Waals surface area contributed by atoms with Crippen LogP contribution < -0.4 is 0 Å². The smallest absolute Gasteiger partial charge is 0.335 e. The molecule has 0 unspecified atom stereocenters. The van der Waals surface area contributed by atoms with Crippen molar-refractivity contribution >= 4 is 23.4 Å². The number of pyridine rings is 1. The van der Waals surface area contributed by atoms with Gasteiger partial charge in [-0.05, 0) is 37.3 Å². The minimum Gasteiger partial charge on any atom is -0.478 e. The van der Waals surface area contributed by atoms with Gasteiger partial charge >= 0.3 is 5.97 Å². The number of hydrogen-bond donors (Lipinski definition) is 1. The second kappa shape index (κ2) is 5.70. The van der Waals surface area contributed by atoms with Gasteiger partial charge < -0.3 is 5.11 Å². The normalized spacial score (nSPS) is 10.2. The zero-order valence-electron chi connectivity index (χ0n) is 10.4. The highest BCUT2D eigenvalue weighted by atomic mass is 32.2. The number of nitro groups is 1. The summed E-state index contributed by atoms with van der Waals surface area (Å²) in [4.78, 5) is 25.9. The van der Waals surface area contributed by atoms with E-state index in [1.54, 1.807) is 25.1 Å². The number of hydrogen-bond acceptors (Lipinski definition) is 5. The van der Waals surface area contributed by atoms with Crippen LogP contribution in [0.2, 0.25) is 0 Å². The SMILES string of the molecule is Cc1nc(Sc2ccc(C(=O)O)cc2)ccc1[N+](=O)[O-]. The van der Waals surface area contributed by atoms with Gasteiger partial charge in [-0.2, -0.15) is 0 Å². The molecule has 0 aliphatic carbocycles. The summed E-state index contributed by atoms with van der Waals surface area (Å²) < 4.78 is 0. The Morgan fingerprint density at radius 3 is 2.40 bits per heavy atom. The third-order valence-electron chi connectivity index (χ3n) is 2.55. The fraction of sp³-hybridized carbons (Fsp3) is 0.0769. The van der Waals surface area contributed by atoms with E-state index in [4.69, 9.17) is 5.11 Å². The molecule has 0 saturated heterocycles. The third kappa shape index (κ3) is 3.12. The summed E-state index contributed by atoms with van der Waals surface area (Å²) in [5.74, 6) is -0.981. The second-order valence-corrected chi connectivity index (χ2v) is 5.04. The highest BCUT2D eigenvalue weighted by Gasteiger charge is 2.12. The van der Waals surface area contributed by atoms with Gasteiger partial charge in [-0.3, -0.25) is 10.1 Å². The molecule has 102 valence electrons. The first-order valence-electron chi connectivity index (χ1n) is 5.60. The fourth-order valence-corrected chi connectivity index (χ4v) is 2.40. The largest absolute Gasteiger partial charge is 0.478 e. The van der Waals surface area contributed by atoms with Gasteiger partial charge in [0.2, 0.25) is 0 Å². The number of carbonyl (C=O) groups is 1. The maximum Gasteiger partial charge on any atom is 0.335 e. The van der Waals surface area contributed by atoms with Crippen LogP contribution in [0.15, 0.2) is 46.3 Å². The molecule has 6 nitrogen and oxygen atoms in total. The van der Waals surface area contributed by atoms with Crippen LogP contribution in [0.4, 0.5) is 5.69 Å². The van der Waals surface area contributed by atoms with Crippen molar-refractivity contribution in [3.63, 3.8) is 0 Å². The molecule has 1 aromatic carbocycles. The number of aryl methyl sites for hydroxylation is 1. The Bertz CT molecular complexity index is 671. The highest BCUT2D eigenvalue weighted by molar-refractivity contribution is 7.99. The van der Waals surface area contributed by atoms with E-state index in [2.05, 4.69) is 4.98 Å². The standard InChI is InChI=1S/C13H10N2O4S/c1-8-11(15(18)19)6-7-12(14-8)20-10-4-2-9(3-5-10)13(16)17/h2-7H,1H3,(H,16,17). The lowest BCUT2D eigenvalue weighted by Crippen LogP contribution is -1.95. The van der Waals surface area contributed by atoms with Crippen LogP contribution in [0.1, 0.15) is 16.1 Å². The minimum absolute atomic E-state index is 0.0180. The van der Waals surface area contributed by atoms with Crippen LogP contribution in [0.3, 0.4) is 0 Å². The Hall–Kier alpha value is -2.41. The van der Waals surface area contributed by atoms with Gasteiger partial charge in [0.25, 0.3) is 5.69 Å². The topological polar surface area (TPSA) is 93.3 Å². The Labute approximate surface area is 118 Å². The first-order chi connectivity index (χ1) is 9.47. The predicted molar refractivity (Wildman–Crippen MR) is 73.2 cm³/mol. The molecule has 0 atom stereocenters. The maximum atomic E-state index is 10.7. The Morgan fingerprint density at radius 2 is 1.90 bits per heavy atom. The van der Waals surface area contributed by atoms with Crippen molar-refractivity contribution in [3.8, 4) is 0 Å². The van der Waals surface area contributed by atoms with E-state index in [9.17, 15) is 14.9 Å². The fourth-order valence-electron chi connectivity index (χ4n) is 1.57. The van der Waals surface area contributed by atoms with Gasteiger partial charge in [-0.15, -0.1) is 0 Å². The average molecular weight is 290 g/mol. The number of benzene rings is 1. The zero-order chi connectivity index (χ0) is 14.7. The van der Waals surface area contributed by atoms with Crippen molar-refractivity contribution in [2.24, 2.45) is 0 Å². The summed E-state index contributed by atoms with van der Waals surface area (Å²) in [5.41, 5.74) is 0.542. The molecule has 0 aliphatic heterocycles. The summed E-state index contributed by atoms with van der Waals surface area (Å²) in [5, 5.41) is 20.1. The summed E-state index contributed by atoms with van der Waals surface area (Å²) in [6.07, 6.45) is 0. The lowest BCUT2D eigenvalue weighted by Gasteiger charge is -2.03. The van der Waals surface area contributed by atoms with Gasteiger partial charge in [0.1, 0.15) is 10.7 Å². The van der Waals surface area contributed by atoms with Crippen molar-refractivity contribution < 1.29 is 14.8 Å². The molecule has 0 bridgehead atoms. The summed E-state index contributed by atoms with van der Waals surface area (Å²) in [7, 11) is 0. The highest BCUT2D eigenvalue weighted by Crippen LogP contribution is 2.28. The third-order valence-corrected chi connectivity index (χ3v) is 3.50. The molecule has 2 aromatic rings. The zero-order valence-corrected chi connectivity index (χ0v) is 11.3. The van der Waals surface area contributed by atoms with Crippen LogP contribution in [0.25, 0.3) is 0 Å². The first-order valence-corrected chi connectivity index (χ1v) is 6.42. The van der Waals surface area contributed by atoms with Crippen molar-refractivity contribution in [2.75, 3.05) is 0 Å². The monoisotopic (exact) mass is 290 g/mol. The number of aromatic carboxylic acids is 1. The molecule has 7 heteroatoms. The molecule has 0 aliphatic rings. The average Bonchev–Trinajstić information content (AvgIpc) is 2.39. The minimum atomic E-state index is -0.981. The van der Waals surface area contributed by atoms with Gasteiger partial charge in [0, 0.05) is 11.0 Å². The number of nitrogens with zero attached hydrogens (tertiary/aromatic N) is 2. The molecule has 0 spiro atoms. The molecule has 0 amide bonds. The quantitative estimate of drug-likeness (QED) is 0.686. The molecule has 0 radical (unpaired) electrons. The Balaban J connectivity index is 2.19. The summed E-state index contributed by atoms with van der Waals surface area (Å²) in [6.45, 7) is 1.58. The van der Waals surface area contributed by atoms with Gasteiger partial charge in [0.15, 0.2) is 0 Å². The Kier molecular flexibility index (Phi) is 3.99. The molecule has 1 aromatic heterocycles. The van der Waals surface area contributed by atoms with E-state index in [1.807, 2.05) is 0 Å². The maximum absolute atomic E-state index is 10.7. The van der Waals surface area contributed by atoms with Crippen LogP contribution in [-0.4, -0.2) is 21.0 Å². The number of aromatic nitrogens is 1. The second-order valence-electron chi connectivity index (χ2n) is 3.94. The van der Waals surface area contributed by atoms with Gasteiger partial charge in [0.05, 0.1) is 10.5 Å². The molecule has 2 rings (SSSR count). The number of carboxylic acids is 1. The van der Waals surface area contributed by atoms with E-state index in [0.29, 0.717) is 10.7 Å². The summed E-state index contributed by atoms with van der Waals surface area (Å²) >= 11 is 1.32. The molecular formula is C13H10N2O4S. The molecule has 0 fully saturated rings. The molecule has 1 N–H and O–H groups in total. The van der Waals surface area contributed by atoms with Crippen LogP contribution in [-0.2, 0) is 0 Å². The van der Waals surface area contributed by atoms with E-state index < -0.39 is 10.9 Å². The van der Waals surface area contributed by atoms with Crippen molar-refractivity contribution in [1.29, 1.82) is 0 Å². The van der Waals surface area contributed by atoms with Gasteiger partial charge in [-0.25, -0.2) is 9.78 Å².